The van der Waals surface area contributed by atoms with Gasteiger partial charge in [-0.25, -0.2) is 4.79 Å². The Hall–Kier alpha value is -2.08. The van der Waals surface area contributed by atoms with Crippen molar-refractivity contribution >= 4 is 18.4 Å². The van der Waals surface area contributed by atoms with Crippen molar-refractivity contribution in [2.75, 3.05) is 6.61 Å². The lowest BCUT2D eigenvalue weighted by molar-refractivity contribution is -0.246. The first-order valence-electron chi connectivity index (χ1n) is 2.62. The molecule has 0 unspecified atom stereocenters. The van der Waals surface area contributed by atoms with Gasteiger partial charge in [0, 0.05) is 0 Å². The van der Waals surface area contributed by atoms with Gasteiger partial charge in [0.2, 0.25) is 0 Å². The molecule has 0 aliphatic carbocycles. The van der Waals surface area contributed by atoms with Gasteiger partial charge in [-0.2, -0.15) is 4.79 Å². The minimum Gasteiger partial charge on any atom is -0.527 e. The van der Waals surface area contributed by atoms with E-state index >= 15 is 0 Å². The predicted molar refractivity (Wildman–Crippen MR) is 31.3 cm³/mol. The first kappa shape index (κ1) is 9.92. The Morgan fingerprint density at radius 3 is 2.75 bits per heavy atom. The monoisotopic (exact) mass is 171 g/mol. The fraction of sp³-hybridized carbons (Fsp3) is 0.250. The number of nitrogens with zero attached hydrogens (tertiary/aromatic N) is 4. The highest BCUT2D eigenvalue weighted by atomic mass is 16.5. The molecule has 8 nitrogen and oxygen atoms in total. The van der Waals surface area contributed by atoms with E-state index in [4.69, 9.17) is 5.53 Å². The fourth-order valence-electron chi connectivity index (χ4n) is 0.252. The first-order chi connectivity index (χ1) is 5.66. The Morgan fingerprint density at radius 1 is 1.58 bits per heavy atom. The molecule has 0 radical (unpaired) electrons. The van der Waals surface area contributed by atoms with E-state index in [1.165, 1.54) is 0 Å². The van der Waals surface area contributed by atoms with Crippen molar-refractivity contribution in [3.63, 3.8) is 0 Å². The highest BCUT2D eigenvalue weighted by molar-refractivity contribution is 5.72. The zero-order valence-electron chi connectivity index (χ0n) is 5.71. The van der Waals surface area contributed by atoms with Gasteiger partial charge in [0.15, 0.2) is 12.7 Å². The number of rotatable bonds is 2. The Labute approximate surface area is 66.1 Å². The lowest BCUT2D eigenvalue weighted by Crippen LogP contribution is -2.17. The van der Waals surface area contributed by atoms with Gasteiger partial charge in [0.1, 0.15) is 0 Å². The molecule has 0 aliphatic heterocycles. The molecular weight excluding hydrogens is 168 g/mol. The van der Waals surface area contributed by atoms with Crippen LogP contribution in [0.15, 0.2) is 10.2 Å². The van der Waals surface area contributed by atoms with Crippen LogP contribution in [0.5, 0.6) is 0 Å². The first-order valence-corrected chi connectivity index (χ1v) is 2.62. The average Bonchev–Trinajstić information content (AvgIpc) is 2.01. The highest BCUT2D eigenvalue weighted by Crippen LogP contribution is 1.83. The van der Waals surface area contributed by atoms with Crippen molar-refractivity contribution in [3.8, 4) is 0 Å². The Bertz CT molecular complexity index is 254. The van der Waals surface area contributed by atoms with Crippen LogP contribution in [0.3, 0.4) is 0 Å². The van der Waals surface area contributed by atoms with E-state index in [1.807, 2.05) is 0 Å². The van der Waals surface area contributed by atoms with Gasteiger partial charge in [-0.05, 0) is 0 Å². The molecule has 12 heavy (non-hydrogen) atoms. The van der Waals surface area contributed by atoms with E-state index in [-0.39, 0.29) is 6.61 Å². The summed E-state index contributed by atoms with van der Waals surface area (Å²) in [4.78, 5) is 22.4. The number of hydrogen-bond acceptors (Lipinski definition) is 4. The Kier molecular flexibility index (Phi) is 4.70. The van der Waals surface area contributed by atoms with Gasteiger partial charge in [0.25, 0.3) is 6.21 Å². The van der Waals surface area contributed by atoms with Crippen LogP contribution in [0.4, 0.5) is 9.59 Å². The summed E-state index contributed by atoms with van der Waals surface area (Å²) in [6.45, 7) is -0.318. The van der Waals surface area contributed by atoms with Gasteiger partial charge in [-0.15, -0.1) is 5.11 Å². The number of carbonyl (C=O) groups excluding carboxylic acids is 2. The van der Waals surface area contributed by atoms with Crippen molar-refractivity contribution < 1.29 is 24.2 Å². The number of ether oxygens (including phenoxy) is 1. The second-order valence-electron chi connectivity index (χ2n) is 1.34. The van der Waals surface area contributed by atoms with Gasteiger partial charge >= 0.3 is 6.09 Å². The lowest BCUT2D eigenvalue weighted by Gasteiger charge is -1.90. The molecule has 2 amide bonds. The smallest absolute Gasteiger partial charge is 0.453 e. The van der Waals surface area contributed by atoms with Crippen LogP contribution in [-0.2, 0) is 4.74 Å². The third-order valence-corrected chi connectivity index (χ3v) is 0.576. The van der Waals surface area contributed by atoms with E-state index in [2.05, 4.69) is 19.8 Å². The summed E-state index contributed by atoms with van der Waals surface area (Å²) in [5.74, 6) is 0. The number of carbonyl (C=O) groups is 2. The van der Waals surface area contributed by atoms with Gasteiger partial charge < -0.3 is 20.2 Å². The van der Waals surface area contributed by atoms with E-state index in [1.54, 1.807) is 0 Å². The van der Waals surface area contributed by atoms with Crippen molar-refractivity contribution in [1.29, 1.82) is 0 Å². The van der Waals surface area contributed by atoms with Gasteiger partial charge in [-0.1, -0.05) is 5.11 Å². The minimum atomic E-state index is -1.84. The topological polar surface area (TPSA) is 128 Å². The second-order valence-corrected chi connectivity index (χ2v) is 1.34. The Balaban J connectivity index is 3.74. The minimum absolute atomic E-state index is 0.318. The van der Waals surface area contributed by atoms with E-state index < -0.39 is 12.2 Å². The van der Waals surface area contributed by atoms with Gasteiger partial charge in [-0.3, -0.25) is 0 Å². The van der Waals surface area contributed by atoms with E-state index in [0.717, 1.165) is 6.21 Å². The van der Waals surface area contributed by atoms with Crippen molar-refractivity contribution in [1.82, 2.24) is 0 Å². The molecule has 0 N–H and O–H groups in total. The van der Waals surface area contributed by atoms with Crippen molar-refractivity contribution in [3.05, 3.63) is 5.53 Å². The summed E-state index contributed by atoms with van der Waals surface area (Å²) >= 11 is 0. The molecule has 0 bridgehead atoms. The molecular formula is C4H3N4O4-. The van der Waals surface area contributed by atoms with E-state index in [9.17, 15) is 14.7 Å². The second kappa shape index (κ2) is 5.69. The third kappa shape index (κ3) is 6.05. The van der Waals surface area contributed by atoms with Crippen LogP contribution in [0, 0.1) is 0 Å². The molecule has 0 aromatic carbocycles. The van der Waals surface area contributed by atoms with Crippen molar-refractivity contribution in [2.24, 2.45) is 10.2 Å². The highest BCUT2D eigenvalue weighted by Gasteiger charge is 1.97. The maximum Gasteiger partial charge on any atom is 0.453 e. The fourth-order valence-corrected chi connectivity index (χ4v) is 0.252. The maximum absolute atomic E-state index is 10.3. The van der Waals surface area contributed by atoms with Gasteiger partial charge in [0.05, 0.1) is 0 Å². The average molecular weight is 171 g/mol. The number of carboxylic acid groups (broad SMARTS) is 1. The van der Waals surface area contributed by atoms with Crippen LogP contribution < -0.4 is 5.11 Å². The van der Waals surface area contributed by atoms with Crippen molar-refractivity contribution in [2.45, 2.75) is 0 Å². The van der Waals surface area contributed by atoms with Crippen LogP contribution in [0.25, 0.3) is 5.53 Å². The van der Waals surface area contributed by atoms with Crippen LogP contribution in [-0.4, -0.2) is 29.8 Å². The lowest BCUT2D eigenvalue weighted by atomic mass is 10.8. The summed E-state index contributed by atoms with van der Waals surface area (Å²) in [5.41, 5.74) is 7.82. The summed E-state index contributed by atoms with van der Waals surface area (Å²) in [6, 6.07) is 0. The zero-order chi connectivity index (χ0) is 9.40. The molecule has 0 saturated heterocycles. The summed E-state index contributed by atoms with van der Waals surface area (Å²) in [5, 5.41) is 14.5. The summed E-state index contributed by atoms with van der Waals surface area (Å²) in [6.07, 6.45) is -2.19. The molecule has 0 heterocycles. The Morgan fingerprint density at radius 2 is 2.25 bits per heavy atom. The third-order valence-electron chi connectivity index (χ3n) is 0.576. The zero-order valence-corrected chi connectivity index (χ0v) is 5.71. The molecule has 8 heteroatoms. The molecule has 64 valence electrons. The molecule has 0 atom stereocenters. The quantitative estimate of drug-likeness (QED) is 0.306. The van der Waals surface area contributed by atoms with E-state index in [0.29, 0.717) is 0 Å². The standard InChI is InChI=1S/C4H4N4O4/c5-6-1-2-12-4(11)8-7-3(9)10/h1H,2H2,(H,9,10)/p-1. The largest absolute Gasteiger partial charge is 0.527 e. The van der Waals surface area contributed by atoms with Crippen LogP contribution in [0.1, 0.15) is 0 Å². The molecule has 0 rings (SSSR count). The molecule has 0 saturated carbocycles. The number of azo groups is 1. The maximum atomic E-state index is 10.3. The number of amides is 2. The summed E-state index contributed by atoms with van der Waals surface area (Å²) in [7, 11) is 0. The molecule has 0 aromatic heterocycles. The predicted octanol–water partition coefficient (Wildman–Crippen LogP) is -0.781. The molecule has 0 spiro atoms. The van der Waals surface area contributed by atoms with Crippen LogP contribution in [0.2, 0.25) is 0 Å². The SMILES string of the molecule is [N-]=[N+]=CCOC(=O)N=NC(=O)[O-]. The molecule has 0 fully saturated rings. The summed E-state index contributed by atoms with van der Waals surface area (Å²) < 4.78 is 4.13. The molecule has 0 aliphatic rings. The van der Waals surface area contributed by atoms with Crippen LogP contribution >= 0.6 is 0 Å². The normalized spacial score (nSPS) is 9.00. The molecule has 0 aromatic rings. The number of hydrogen-bond donors (Lipinski definition) is 0.